The van der Waals surface area contributed by atoms with Gasteiger partial charge in [-0.1, -0.05) is 19.1 Å². The standard InChI is InChI=1S/C13H17N3O/c1-4-13(2,3)17-11-9-7-5-6-8-10(9)15-12(14)16-11/h5-8H,4H2,1-3H3,(H2,14,15,16). The molecule has 1 aromatic carbocycles. The van der Waals surface area contributed by atoms with Crippen LogP contribution in [0.2, 0.25) is 0 Å². The Hall–Kier alpha value is -1.84. The molecule has 17 heavy (non-hydrogen) atoms. The molecule has 0 saturated carbocycles. The lowest BCUT2D eigenvalue weighted by atomic mass is 10.1. The maximum atomic E-state index is 5.91. The smallest absolute Gasteiger partial charge is 0.226 e. The third-order valence-corrected chi connectivity index (χ3v) is 2.81. The summed E-state index contributed by atoms with van der Waals surface area (Å²) in [5.41, 5.74) is 6.23. The van der Waals surface area contributed by atoms with E-state index in [0.717, 1.165) is 17.3 Å². The van der Waals surface area contributed by atoms with Gasteiger partial charge >= 0.3 is 0 Å². The summed E-state index contributed by atoms with van der Waals surface area (Å²) in [5.74, 6) is 0.797. The summed E-state index contributed by atoms with van der Waals surface area (Å²) in [7, 11) is 0. The second-order valence-electron chi connectivity index (χ2n) is 4.62. The summed E-state index contributed by atoms with van der Waals surface area (Å²) in [5, 5.41) is 0.892. The van der Waals surface area contributed by atoms with Gasteiger partial charge in [0.15, 0.2) is 0 Å². The van der Waals surface area contributed by atoms with Crippen molar-refractivity contribution in [2.24, 2.45) is 0 Å². The Balaban J connectivity index is 2.53. The first-order chi connectivity index (χ1) is 8.02. The number of anilines is 1. The van der Waals surface area contributed by atoms with Gasteiger partial charge in [-0.05, 0) is 32.4 Å². The molecule has 0 atom stereocenters. The Morgan fingerprint density at radius 1 is 1.24 bits per heavy atom. The Kier molecular flexibility index (Phi) is 2.88. The van der Waals surface area contributed by atoms with Crippen LogP contribution in [0.1, 0.15) is 27.2 Å². The van der Waals surface area contributed by atoms with Crippen LogP contribution in [0.5, 0.6) is 5.88 Å². The normalized spacial score (nSPS) is 11.7. The minimum Gasteiger partial charge on any atom is -0.471 e. The van der Waals surface area contributed by atoms with Crippen molar-refractivity contribution in [3.8, 4) is 5.88 Å². The van der Waals surface area contributed by atoms with Crippen molar-refractivity contribution in [2.45, 2.75) is 32.8 Å². The number of rotatable bonds is 3. The Morgan fingerprint density at radius 2 is 1.94 bits per heavy atom. The van der Waals surface area contributed by atoms with Crippen LogP contribution in [0.15, 0.2) is 24.3 Å². The van der Waals surface area contributed by atoms with E-state index in [2.05, 4.69) is 16.9 Å². The summed E-state index contributed by atoms with van der Waals surface area (Å²) in [6, 6.07) is 7.70. The lowest BCUT2D eigenvalue weighted by Gasteiger charge is -2.24. The molecule has 1 aromatic heterocycles. The average molecular weight is 231 g/mol. The van der Waals surface area contributed by atoms with Crippen molar-refractivity contribution < 1.29 is 4.74 Å². The Morgan fingerprint density at radius 3 is 2.65 bits per heavy atom. The van der Waals surface area contributed by atoms with Gasteiger partial charge in [-0.2, -0.15) is 4.98 Å². The molecule has 0 spiro atoms. The second kappa shape index (κ2) is 4.20. The molecule has 0 fully saturated rings. The van der Waals surface area contributed by atoms with E-state index < -0.39 is 0 Å². The summed E-state index contributed by atoms with van der Waals surface area (Å²) in [6.45, 7) is 6.13. The van der Waals surface area contributed by atoms with Crippen LogP contribution in [0.25, 0.3) is 10.9 Å². The molecule has 2 aromatic rings. The highest BCUT2D eigenvalue weighted by Gasteiger charge is 2.19. The molecule has 2 N–H and O–H groups in total. The maximum Gasteiger partial charge on any atom is 0.226 e. The van der Waals surface area contributed by atoms with Gasteiger partial charge in [-0.15, -0.1) is 0 Å². The highest BCUT2D eigenvalue weighted by molar-refractivity contribution is 5.84. The summed E-state index contributed by atoms with van der Waals surface area (Å²) < 4.78 is 5.91. The van der Waals surface area contributed by atoms with Crippen molar-refractivity contribution >= 4 is 16.9 Å². The Bertz CT molecular complexity index is 537. The summed E-state index contributed by atoms with van der Waals surface area (Å²) >= 11 is 0. The summed E-state index contributed by atoms with van der Waals surface area (Å²) in [4.78, 5) is 8.36. The minimum absolute atomic E-state index is 0.241. The zero-order chi connectivity index (χ0) is 12.5. The van der Waals surface area contributed by atoms with Crippen LogP contribution in [0, 0.1) is 0 Å². The highest BCUT2D eigenvalue weighted by Crippen LogP contribution is 2.27. The van der Waals surface area contributed by atoms with Crippen LogP contribution in [-0.2, 0) is 0 Å². The quantitative estimate of drug-likeness (QED) is 0.882. The van der Waals surface area contributed by atoms with Crippen LogP contribution < -0.4 is 10.5 Å². The van der Waals surface area contributed by atoms with Crippen molar-refractivity contribution in [2.75, 3.05) is 5.73 Å². The van der Waals surface area contributed by atoms with Crippen LogP contribution in [0.3, 0.4) is 0 Å². The molecule has 0 saturated heterocycles. The Labute approximate surface area is 101 Å². The SMILES string of the molecule is CCC(C)(C)Oc1nc(N)nc2ccccc12. The fraction of sp³-hybridized carbons (Fsp3) is 0.385. The van der Waals surface area contributed by atoms with Crippen LogP contribution >= 0.6 is 0 Å². The first-order valence-corrected chi connectivity index (χ1v) is 5.73. The van der Waals surface area contributed by atoms with Gasteiger partial charge in [0, 0.05) is 0 Å². The van der Waals surface area contributed by atoms with Crippen LogP contribution in [-0.4, -0.2) is 15.6 Å². The van der Waals surface area contributed by atoms with Gasteiger partial charge in [-0.3, -0.25) is 0 Å². The zero-order valence-electron chi connectivity index (χ0n) is 10.4. The first-order valence-electron chi connectivity index (χ1n) is 5.73. The highest BCUT2D eigenvalue weighted by atomic mass is 16.5. The number of fused-ring (bicyclic) bond motifs is 1. The number of nitrogens with zero attached hydrogens (tertiary/aromatic N) is 2. The number of ether oxygens (including phenoxy) is 1. The van der Waals surface area contributed by atoms with Crippen molar-refractivity contribution in [1.29, 1.82) is 0 Å². The van der Waals surface area contributed by atoms with Crippen LogP contribution in [0.4, 0.5) is 5.95 Å². The number of hydrogen-bond acceptors (Lipinski definition) is 4. The van der Waals surface area contributed by atoms with Gasteiger partial charge in [0.25, 0.3) is 0 Å². The lowest BCUT2D eigenvalue weighted by Crippen LogP contribution is -2.27. The number of nitrogen functional groups attached to an aromatic ring is 1. The average Bonchev–Trinajstić information content (AvgIpc) is 2.28. The third-order valence-electron chi connectivity index (χ3n) is 2.81. The summed E-state index contributed by atoms with van der Waals surface area (Å²) in [6.07, 6.45) is 0.894. The molecule has 2 rings (SSSR count). The molecule has 0 radical (unpaired) electrons. The van der Waals surface area contributed by atoms with E-state index in [1.165, 1.54) is 0 Å². The third kappa shape index (κ3) is 2.46. The van der Waals surface area contributed by atoms with E-state index in [4.69, 9.17) is 10.5 Å². The van der Waals surface area contributed by atoms with Gasteiger partial charge in [-0.25, -0.2) is 4.98 Å². The largest absolute Gasteiger partial charge is 0.471 e. The zero-order valence-corrected chi connectivity index (χ0v) is 10.4. The molecule has 0 aliphatic rings. The van der Waals surface area contributed by atoms with E-state index in [1.54, 1.807) is 0 Å². The van der Waals surface area contributed by atoms with Crippen molar-refractivity contribution in [3.05, 3.63) is 24.3 Å². The van der Waals surface area contributed by atoms with Gasteiger partial charge in [0.2, 0.25) is 11.8 Å². The molecule has 0 bridgehead atoms. The number of benzene rings is 1. The number of para-hydroxylation sites is 1. The monoisotopic (exact) mass is 231 g/mol. The molecule has 0 unspecified atom stereocenters. The van der Waals surface area contributed by atoms with E-state index in [-0.39, 0.29) is 11.5 Å². The van der Waals surface area contributed by atoms with E-state index in [9.17, 15) is 0 Å². The van der Waals surface area contributed by atoms with Gasteiger partial charge in [0.05, 0.1) is 10.9 Å². The minimum atomic E-state index is -0.260. The molecule has 0 amide bonds. The van der Waals surface area contributed by atoms with Gasteiger partial charge in [0.1, 0.15) is 5.60 Å². The fourth-order valence-electron chi connectivity index (χ4n) is 1.48. The number of nitrogens with two attached hydrogens (primary N) is 1. The van der Waals surface area contributed by atoms with Crippen molar-refractivity contribution in [1.82, 2.24) is 9.97 Å². The lowest BCUT2D eigenvalue weighted by molar-refractivity contribution is 0.101. The molecule has 0 aliphatic heterocycles. The maximum absolute atomic E-state index is 5.91. The molecule has 90 valence electrons. The molecule has 0 aliphatic carbocycles. The first kappa shape index (κ1) is 11.6. The number of aromatic nitrogens is 2. The predicted molar refractivity (Wildman–Crippen MR) is 68.9 cm³/mol. The second-order valence-corrected chi connectivity index (χ2v) is 4.62. The molecule has 4 heteroatoms. The van der Waals surface area contributed by atoms with Crippen molar-refractivity contribution in [3.63, 3.8) is 0 Å². The van der Waals surface area contributed by atoms with E-state index in [0.29, 0.717) is 5.88 Å². The molecule has 4 nitrogen and oxygen atoms in total. The molecule has 1 heterocycles. The van der Waals surface area contributed by atoms with Gasteiger partial charge < -0.3 is 10.5 Å². The molecular formula is C13H17N3O. The molecular weight excluding hydrogens is 214 g/mol. The fourth-order valence-corrected chi connectivity index (χ4v) is 1.48. The van der Waals surface area contributed by atoms with E-state index >= 15 is 0 Å². The van der Waals surface area contributed by atoms with E-state index in [1.807, 2.05) is 38.1 Å². The topological polar surface area (TPSA) is 61.0 Å². The number of hydrogen-bond donors (Lipinski definition) is 1. The predicted octanol–water partition coefficient (Wildman–Crippen LogP) is 2.78.